The van der Waals surface area contributed by atoms with Gasteiger partial charge in [-0.2, -0.15) is 0 Å². The van der Waals surface area contributed by atoms with Crippen molar-refractivity contribution in [3.05, 3.63) is 40.8 Å². The molecule has 0 bridgehead atoms. The summed E-state index contributed by atoms with van der Waals surface area (Å²) in [4.78, 5) is 11.5. The first-order valence-corrected chi connectivity index (χ1v) is 10.6. The van der Waals surface area contributed by atoms with Crippen LogP contribution < -0.4 is 10.4 Å². The molecule has 0 unspecified atom stereocenters. The van der Waals surface area contributed by atoms with E-state index >= 15 is 0 Å². The van der Waals surface area contributed by atoms with E-state index in [-0.39, 0.29) is 22.6 Å². The van der Waals surface area contributed by atoms with Gasteiger partial charge in [0, 0.05) is 22.9 Å². The van der Waals surface area contributed by atoms with Crippen molar-refractivity contribution in [1.29, 1.82) is 0 Å². The van der Waals surface area contributed by atoms with Crippen molar-refractivity contribution in [3.63, 3.8) is 0 Å². The molecule has 2 aliphatic rings. The van der Waals surface area contributed by atoms with Crippen LogP contribution in [0.25, 0.3) is 11.0 Å². The molecule has 0 radical (unpaired) electrons. The largest absolute Gasteiger partial charge is 0.493 e. The highest BCUT2D eigenvalue weighted by atomic mass is 16.5. The number of aliphatic hydroxyl groups excluding tert-OH is 1. The van der Waals surface area contributed by atoms with Crippen LogP contribution in [-0.4, -0.2) is 17.8 Å². The molecule has 0 amide bonds. The quantitative estimate of drug-likeness (QED) is 0.755. The van der Waals surface area contributed by atoms with Crippen LogP contribution in [0.5, 0.6) is 5.75 Å². The molecule has 1 aromatic heterocycles. The van der Waals surface area contributed by atoms with Crippen LogP contribution in [-0.2, 0) is 0 Å². The van der Waals surface area contributed by atoms with Gasteiger partial charge in [0.2, 0.25) is 0 Å². The summed E-state index contributed by atoms with van der Waals surface area (Å²) in [5.41, 5.74) is 0.418. The number of hydrogen-bond donors (Lipinski definition) is 1. The average molecular weight is 385 g/mol. The molecule has 152 valence electrons. The van der Waals surface area contributed by atoms with Crippen LogP contribution in [0.2, 0.25) is 0 Å². The van der Waals surface area contributed by atoms with Crippen molar-refractivity contribution in [2.75, 3.05) is 6.61 Å². The lowest BCUT2D eigenvalue weighted by Crippen LogP contribution is -2.57. The molecular weight excluding hydrogens is 352 g/mol. The Balaban J connectivity index is 1.59. The maximum atomic E-state index is 11.5. The number of fused-ring (bicyclic) bond motifs is 2. The minimum Gasteiger partial charge on any atom is -0.493 e. The van der Waals surface area contributed by atoms with E-state index in [9.17, 15) is 9.90 Å². The smallest absolute Gasteiger partial charge is 0.336 e. The Morgan fingerprint density at radius 2 is 1.89 bits per heavy atom. The predicted molar refractivity (Wildman–Crippen MR) is 110 cm³/mol. The normalized spacial score (nSPS) is 38.2. The number of hydrogen-bond acceptors (Lipinski definition) is 4. The fraction of sp³-hybridized carbons (Fsp3) is 0.625. The Hall–Kier alpha value is -1.81. The summed E-state index contributed by atoms with van der Waals surface area (Å²) in [5.74, 6) is 2.14. The van der Waals surface area contributed by atoms with Crippen molar-refractivity contribution in [2.45, 2.75) is 59.5 Å². The SMILES string of the molecule is C[C@@H]1[C@@H](O)CC[C@H]2[C@@]1(C)CC[C@H](C)[C@]2(C)COc1ccc2ccc(=O)oc2c1. The molecule has 2 aliphatic carbocycles. The van der Waals surface area contributed by atoms with Crippen LogP contribution in [0, 0.1) is 28.6 Å². The van der Waals surface area contributed by atoms with Gasteiger partial charge in [0.25, 0.3) is 0 Å². The van der Waals surface area contributed by atoms with Crippen LogP contribution in [0.15, 0.2) is 39.5 Å². The third kappa shape index (κ3) is 3.06. The van der Waals surface area contributed by atoms with Gasteiger partial charge in [-0.15, -0.1) is 0 Å². The van der Waals surface area contributed by atoms with Gasteiger partial charge in [0.05, 0.1) is 12.7 Å². The first kappa shape index (κ1) is 19.5. The molecule has 1 N–H and O–H groups in total. The third-order valence-electron chi connectivity index (χ3n) is 8.35. The molecule has 1 aromatic carbocycles. The minimum atomic E-state index is -0.344. The van der Waals surface area contributed by atoms with Crippen molar-refractivity contribution in [1.82, 2.24) is 0 Å². The fourth-order valence-corrected chi connectivity index (χ4v) is 5.97. The first-order valence-electron chi connectivity index (χ1n) is 10.6. The molecule has 1 heterocycles. The Bertz CT molecular complexity index is 918. The van der Waals surface area contributed by atoms with Crippen molar-refractivity contribution >= 4 is 11.0 Å². The van der Waals surface area contributed by atoms with E-state index in [4.69, 9.17) is 9.15 Å². The number of aliphatic hydroxyl groups is 1. The molecule has 2 aromatic rings. The van der Waals surface area contributed by atoms with Crippen molar-refractivity contribution in [3.8, 4) is 5.75 Å². The standard InChI is InChI=1S/C24H32O4/c1-15-11-12-23(3)16(2)19(25)8-9-21(23)24(15,4)14-27-18-7-5-17-6-10-22(26)28-20(17)13-18/h5-7,10,13,15-16,19,21,25H,8-9,11-12,14H2,1-4H3/t15-,16+,19-,21-,23-,24-/m0/s1. The zero-order valence-corrected chi connectivity index (χ0v) is 17.4. The van der Waals surface area contributed by atoms with E-state index < -0.39 is 0 Å². The Morgan fingerprint density at radius 3 is 2.68 bits per heavy atom. The van der Waals surface area contributed by atoms with Gasteiger partial charge >= 0.3 is 5.63 Å². The second kappa shape index (κ2) is 6.91. The summed E-state index contributed by atoms with van der Waals surface area (Å²) in [6, 6.07) is 8.91. The van der Waals surface area contributed by atoms with E-state index in [0.717, 1.165) is 30.4 Å². The second-order valence-corrected chi connectivity index (χ2v) is 9.68. The third-order valence-corrected chi connectivity index (χ3v) is 8.35. The molecule has 0 spiro atoms. The predicted octanol–water partition coefficient (Wildman–Crippen LogP) is 5.02. The Morgan fingerprint density at radius 1 is 1.14 bits per heavy atom. The van der Waals surface area contributed by atoms with Crippen LogP contribution in [0.1, 0.15) is 53.4 Å². The lowest BCUT2D eigenvalue weighted by Gasteiger charge is -2.60. The molecule has 4 nitrogen and oxygen atoms in total. The Labute approximate surface area is 166 Å². The molecule has 2 fully saturated rings. The maximum absolute atomic E-state index is 11.5. The van der Waals surface area contributed by atoms with Crippen molar-refractivity contribution in [2.24, 2.45) is 28.6 Å². The number of ether oxygens (including phenoxy) is 1. The summed E-state index contributed by atoms with van der Waals surface area (Å²) in [6.07, 6.45) is 4.08. The highest BCUT2D eigenvalue weighted by molar-refractivity contribution is 5.77. The lowest BCUT2D eigenvalue weighted by molar-refractivity contribution is -0.152. The molecular formula is C24H32O4. The van der Waals surface area contributed by atoms with Crippen molar-refractivity contribution < 1.29 is 14.3 Å². The number of benzene rings is 1. The zero-order valence-electron chi connectivity index (χ0n) is 17.4. The molecule has 0 aliphatic heterocycles. The zero-order chi connectivity index (χ0) is 20.1. The highest BCUT2D eigenvalue weighted by Gasteiger charge is 2.57. The second-order valence-electron chi connectivity index (χ2n) is 9.68. The van der Waals surface area contributed by atoms with Gasteiger partial charge in [0.1, 0.15) is 11.3 Å². The first-order chi connectivity index (χ1) is 13.2. The summed E-state index contributed by atoms with van der Waals surface area (Å²) in [6.45, 7) is 9.95. The highest BCUT2D eigenvalue weighted by Crippen LogP contribution is 2.61. The Kier molecular flexibility index (Phi) is 4.81. The van der Waals surface area contributed by atoms with E-state index in [1.165, 1.54) is 12.5 Å². The summed E-state index contributed by atoms with van der Waals surface area (Å²) in [5, 5.41) is 11.4. The van der Waals surface area contributed by atoms with E-state index in [0.29, 0.717) is 29.9 Å². The minimum absolute atomic E-state index is 0.0495. The summed E-state index contributed by atoms with van der Waals surface area (Å²) >= 11 is 0. The molecule has 28 heavy (non-hydrogen) atoms. The molecule has 2 saturated carbocycles. The monoisotopic (exact) mass is 384 g/mol. The van der Waals surface area contributed by atoms with Gasteiger partial charge in [-0.05, 0) is 67.1 Å². The van der Waals surface area contributed by atoms with Crippen LogP contribution in [0.4, 0.5) is 0 Å². The van der Waals surface area contributed by atoms with Gasteiger partial charge in [-0.3, -0.25) is 0 Å². The lowest BCUT2D eigenvalue weighted by atomic mass is 9.45. The average Bonchev–Trinajstić information content (AvgIpc) is 2.67. The molecule has 4 heteroatoms. The van der Waals surface area contributed by atoms with Gasteiger partial charge in [-0.1, -0.05) is 27.7 Å². The topological polar surface area (TPSA) is 59.7 Å². The summed E-state index contributed by atoms with van der Waals surface area (Å²) in [7, 11) is 0. The fourth-order valence-electron chi connectivity index (χ4n) is 5.97. The van der Waals surface area contributed by atoms with Gasteiger partial charge in [0.15, 0.2) is 0 Å². The molecule has 0 saturated heterocycles. The van der Waals surface area contributed by atoms with Crippen LogP contribution >= 0.6 is 0 Å². The van der Waals surface area contributed by atoms with Gasteiger partial charge in [-0.25, -0.2) is 4.79 Å². The summed E-state index contributed by atoms with van der Waals surface area (Å²) < 4.78 is 11.6. The van der Waals surface area contributed by atoms with E-state index in [1.807, 2.05) is 18.2 Å². The maximum Gasteiger partial charge on any atom is 0.336 e. The van der Waals surface area contributed by atoms with Crippen LogP contribution in [0.3, 0.4) is 0 Å². The number of rotatable bonds is 3. The molecule has 4 rings (SSSR count). The molecule has 6 atom stereocenters. The van der Waals surface area contributed by atoms with E-state index in [1.54, 1.807) is 6.07 Å². The van der Waals surface area contributed by atoms with Gasteiger partial charge < -0.3 is 14.3 Å². The van der Waals surface area contributed by atoms with E-state index in [2.05, 4.69) is 27.7 Å².